The molecule has 0 aliphatic carbocycles. The monoisotopic (exact) mass is 641 g/mol. The quantitative estimate of drug-likeness (QED) is 0.192. The molecule has 3 aromatic heterocycles. The van der Waals surface area contributed by atoms with Crippen molar-refractivity contribution in [2.45, 2.75) is 0 Å². The largest absolute Gasteiger partial charge is 0.456 e. The summed E-state index contributed by atoms with van der Waals surface area (Å²) < 4.78 is 18.8. The van der Waals surface area contributed by atoms with Crippen molar-refractivity contribution >= 4 is 93.7 Å². The van der Waals surface area contributed by atoms with Gasteiger partial charge in [-0.05, 0) is 101 Å². The lowest BCUT2D eigenvalue weighted by Crippen LogP contribution is -2.09. The van der Waals surface area contributed by atoms with E-state index < -0.39 is 0 Å². The molecular formula is C46H27NO3. The second-order valence-corrected chi connectivity index (χ2v) is 12.9. The molecule has 234 valence electrons. The first-order valence-corrected chi connectivity index (χ1v) is 16.8. The molecule has 50 heavy (non-hydrogen) atoms. The molecule has 0 spiro atoms. The fourth-order valence-corrected chi connectivity index (χ4v) is 7.68. The Kier molecular flexibility index (Phi) is 5.63. The molecule has 0 aliphatic rings. The first-order valence-electron chi connectivity index (χ1n) is 16.8. The normalized spacial score (nSPS) is 12.0. The fraction of sp³-hybridized carbons (Fsp3) is 0. The molecule has 0 atom stereocenters. The summed E-state index contributed by atoms with van der Waals surface area (Å²) in [6.07, 6.45) is 0. The van der Waals surface area contributed by atoms with Crippen molar-refractivity contribution < 1.29 is 13.3 Å². The first kappa shape index (κ1) is 27.2. The lowest BCUT2D eigenvalue weighted by atomic mass is 10.0. The van der Waals surface area contributed by atoms with Crippen LogP contribution >= 0.6 is 0 Å². The SMILES string of the molecule is c1ccc2c(c1)ccc1oc3cc(-c4ccc(N(c5ccc6oc7ccccc7c6c5)c5ccc6oc7ccccc7c6c5)cc4)ccc3c12. The molecule has 0 fully saturated rings. The zero-order valence-corrected chi connectivity index (χ0v) is 26.8. The van der Waals surface area contributed by atoms with Crippen LogP contribution in [0.3, 0.4) is 0 Å². The van der Waals surface area contributed by atoms with Gasteiger partial charge in [0, 0.05) is 49.4 Å². The van der Waals surface area contributed by atoms with E-state index in [0.717, 1.165) is 88.6 Å². The van der Waals surface area contributed by atoms with Gasteiger partial charge in [0.05, 0.1) is 0 Å². The average Bonchev–Trinajstić information content (AvgIpc) is 3.86. The van der Waals surface area contributed by atoms with Crippen molar-refractivity contribution in [2.24, 2.45) is 0 Å². The average molecular weight is 642 g/mol. The lowest BCUT2D eigenvalue weighted by molar-refractivity contribution is 0.668. The van der Waals surface area contributed by atoms with Crippen LogP contribution in [0, 0.1) is 0 Å². The Labute approximate surface area is 286 Å². The van der Waals surface area contributed by atoms with Gasteiger partial charge in [0.15, 0.2) is 0 Å². The Balaban J connectivity index is 1.05. The van der Waals surface area contributed by atoms with Crippen LogP contribution in [-0.2, 0) is 0 Å². The van der Waals surface area contributed by atoms with Gasteiger partial charge < -0.3 is 18.2 Å². The Hall–Kier alpha value is -6.78. The van der Waals surface area contributed by atoms with Crippen LogP contribution in [-0.4, -0.2) is 0 Å². The number of furan rings is 3. The Morgan fingerprint density at radius 3 is 1.50 bits per heavy atom. The zero-order valence-electron chi connectivity index (χ0n) is 26.8. The molecule has 0 saturated carbocycles. The predicted octanol–water partition coefficient (Wildman–Crippen LogP) is 13.7. The van der Waals surface area contributed by atoms with Crippen LogP contribution in [0.25, 0.3) is 87.7 Å². The van der Waals surface area contributed by atoms with Crippen LogP contribution in [0.2, 0.25) is 0 Å². The van der Waals surface area contributed by atoms with Gasteiger partial charge in [0.25, 0.3) is 0 Å². The highest BCUT2D eigenvalue weighted by Crippen LogP contribution is 2.42. The lowest BCUT2D eigenvalue weighted by Gasteiger charge is -2.26. The highest BCUT2D eigenvalue weighted by molar-refractivity contribution is 6.19. The van der Waals surface area contributed by atoms with Crippen molar-refractivity contribution in [3.8, 4) is 11.1 Å². The molecule has 0 radical (unpaired) electrons. The van der Waals surface area contributed by atoms with Gasteiger partial charge in [0.1, 0.15) is 33.5 Å². The Morgan fingerprint density at radius 2 is 0.820 bits per heavy atom. The van der Waals surface area contributed by atoms with Gasteiger partial charge >= 0.3 is 0 Å². The minimum atomic E-state index is 0.871. The molecule has 11 rings (SSSR count). The van der Waals surface area contributed by atoms with Crippen LogP contribution in [0.1, 0.15) is 0 Å². The predicted molar refractivity (Wildman–Crippen MR) is 206 cm³/mol. The van der Waals surface area contributed by atoms with Gasteiger partial charge in [-0.2, -0.15) is 0 Å². The van der Waals surface area contributed by atoms with Gasteiger partial charge in [0.2, 0.25) is 0 Å². The number of para-hydroxylation sites is 2. The van der Waals surface area contributed by atoms with Gasteiger partial charge in [-0.3, -0.25) is 0 Å². The number of benzene rings is 8. The minimum absolute atomic E-state index is 0.871. The van der Waals surface area contributed by atoms with E-state index in [-0.39, 0.29) is 0 Å². The van der Waals surface area contributed by atoms with E-state index in [1.165, 1.54) is 16.2 Å². The Morgan fingerprint density at radius 1 is 0.300 bits per heavy atom. The van der Waals surface area contributed by atoms with Crippen LogP contribution in [0.4, 0.5) is 17.1 Å². The third-order valence-corrected chi connectivity index (χ3v) is 10.1. The molecule has 4 heteroatoms. The summed E-state index contributed by atoms with van der Waals surface area (Å²) in [7, 11) is 0. The van der Waals surface area contributed by atoms with E-state index >= 15 is 0 Å². The summed E-state index contributed by atoms with van der Waals surface area (Å²) in [4.78, 5) is 2.31. The van der Waals surface area contributed by atoms with Crippen molar-refractivity contribution in [2.75, 3.05) is 4.90 Å². The molecule has 0 unspecified atom stereocenters. The van der Waals surface area contributed by atoms with Crippen LogP contribution in [0.15, 0.2) is 177 Å². The molecule has 3 heterocycles. The number of hydrogen-bond acceptors (Lipinski definition) is 4. The summed E-state index contributed by atoms with van der Waals surface area (Å²) in [6, 6.07) is 57.3. The highest BCUT2D eigenvalue weighted by Gasteiger charge is 2.18. The molecule has 11 aromatic rings. The molecule has 4 nitrogen and oxygen atoms in total. The van der Waals surface area contributed by atoms with Crippen LogP contribution < -0.4 is 4.90 Å². The molecular weight excluding hydrogens is 615 g/mol. The van der Waals surface area contributed by atoms with Gasteiger partial charge in [-0.15, -0.1) is 0 Å². The van der Waals surface area contributed by atoms with Gasteiger partial charge in [-0.25, -0.2) is 0 Å². The van der Waals surface area contributed by atoms with Crippen molar-refractivity contribution in [3.63, 3.8) is 0 Å². The maximum Gasteiger partial charge on any atom is 0.136 e. The summed E-state index contributed by atoms with van der Waals surface area (Å²) in [5, 5.41) is 9.10. The highest BCUT2D eigenvalue weighted by atomic mass is 16.3. The third-order valence-electron chi connectivity index (χ3n) is 10.1. The third kappa shape index (κ3) is 4.06. The number of anilines is 3. The number of rotatable bonds is 4. The van der Waals surface area contributed by atoms with E-state index in [2.05, 4.69) is 144 Å². The molecule has 0 N–H and O–H groups in total. The fourth-order valence-electron chi connectivity index (χ4n) is 7.68. The number of hydrogen-bond donors (Lipinski definition) is 0. The van der Waals surface area contributed by atoms with Crippen LogP contribution in [0.5, 0.6) is 0 Å². The van der Waals surface area contributed by atoms with E-state index in [1.54, 1.807) is 0 Å². The van der Waals surface area contributed by atoms with E-state index in [4.69, 9.17) is 13.3 Å². The van der Waals surface area contributed by atoms with E-state index in [0.29, 0.717) is 0 Å². The summed E-state index contributed by atoms with van der Waals surface area (Å²) in [5.74, 6) is 0. The number of fused-ring (bicyclic) bond motifs is 11. The van der Waals surface area contributed by atoms with E-state index in [1.807, 2.05) is 24.3 Å². The smallest absolute Gasteiger partial charge is 0.136 e. The summed E-state index contributed by atoms with van der Waals surface area (Å²) in [6.45, 7) is 0. The molecule has 0 amide bonds. The maximum absolute atomic E-state index is 6.39. The minimum Gasteiger partial charge on any atom is -0.456 e. The summed E-state index contributed by atoms with van der Waals surface area (Å²) >= 11 is 0. The topological polar surface area (TPSA) is 42.7 Å². The first-order chi connectivity index (χ1) is 24.7. The molecule has 0 aliphatic heterocycles. The molecule has 0 saturated heterocycles. The maximum atomic E-state index is 6.39. The summed E-state index contributed by atoms with van der Waals surface area (Å²) in [5.41, 5.74) is 10.7. The van der Waals surface area contributed by atoms with E-state index in [9.17, 15) is 0 Å². The van der Waals surface area contributed by atoms with Crippen molar-refractivity contribution in [1.82, 2.24) is 0 Å². The van der Waals surface area contributed by atoms with Crippen molar-refractivity contribution in [1.29, 1.82) is 0 Å². The second kappa shape index (κ2) is 10.4. The zero-order chi connectivity index (χ0) is 32.8. The standard InChI is InChI=1S/C46H27NO3/c1-2-8-34-29(7-1)16-22-44-46(34)37-21-15-30(25-45(37)50-44)28-13-17-31(18-14-28)47(32-19-23-42-38(26-32)35-9-3-5-11-40(35)48-42)33-20-24-43-39(27-33)36-10-4-6-12-41(36)49-43/h1-27H. The molecule has 8 aromatic carbocycles. The number of nitrogens with zero attached hydrogens (tertiary/aromatic N) is 1. The van der Waals surface area contributed by atoms with Crippen molar-refractivity contribution in [3.05, 3.63) is 164 Å². The second-order valence-electron chi connectivity index (χ2n) is 12.9. The molecule has 0 bridgehead atoms. The van der Waals surface area contributed by atoms with Gasteiger partial charge in [-0.1, -0.05) is 84.9 Å². The Bertz CT molecular complexity index is 2990.